The number of aryl methyl sites for hydroxylation is 1. The first-order chi connectivity index (χ1) is 7.84. The first kappa shape index (κ1) is 8.17. The van der Waals surface area contributed by atoms with Gasteiger partial charge in [-0.1, -0.05) is 24.3 Å². The molecule has 4 rings (SSSR count). The summed E-state index contributed by atoms with van der Waals surface area (Å²) in [7, 11) is 0. The average Bonchev–Trinajstić information content (AvgIpc) is 2.73. The number of pyridine rings is 3. The lowest BCUT2D eigenvalue weighted by molar-refractivity contribution is 1.28. The predicted molar refractivity (Wildman–Crippen MR) is 68.3 cm³/mol. The molecule has 0 N–H and O–H groups in total. The first-order valence-electron chi connectivity index (χ1n) is 5.56. The topological polar surface area (TPSA) is 4.41 Å². The largest absolute Gasteiger partial charge is 0.309 e. The van der Waals surface area contributed by atoms with Crippen molar-refractivity contribution in [2.24, 2.45) is 0 Å². The van der Waals surface area contributed by atoms with Gasteiger partial charge in [0.25, 0.3) is 0 Å². The van der Waals surface area contributed by atoms with Crippen LogP contribution >= 0.6 is 0 Å². The van der Waals surface area contributed by atoms with Crippen molar-refractivity contribution in [2.75, 3.05) is 0 Å². The van der Waals surface area contributed by atoms with Crippen LogP contribution in [0.2, 0.25) is 0 Å². The van der Waals surface area contributed by atoms with Gasteiger partial charge in [0.1, 0.15) is 0 Å². The maximum atomic E-state index is 2.34. The van der Waals surface area contributed by atoms with Crippen LogP contribution in [0.5, 0.6) is 0 Å². The highest BCUT2D eigenvalue weighted by molar-refractivity contribution is 6.03. The van der Waals surface area contributed by atoms with Crippen LogP contribution in [0.1, 0.15) is 5.56 Å². The molecule has 0 fully saturated rings. The van der Waals surface area contributed by atoms with Crippen molar-refractivity contribution in [3.63, 3.8) is 0 Å². The Bertz CT molecular complexity index is 808. The molecule has 0 saturated carbocycles. The molecule has 1 nitrogen and oxygen atoms in total. The summed E-state index contributed by atoms with van der Waals surface area (Å²) in [5, 5.41) is 2.69. The number of aromatic nitrogens is 1. The maximum absolute atomic E-state index is 2.34. The molecule has 76 valence electrons. The smallest absolute Gasteiger partial charge is 0.0609 e. The SMILES string of the molecule is Cc1cc2cccc3ccc4ccc1c4n32. The van der Waals surface area contributed by atoms with E-state index in [1.54, 1.807) is 0 Å². The zero-order valence-corrected chi connectivity index (χ0v) is 9.07. The number of hydrogen-bond acceptors (Lipinski definition) is 0. The Balaban J connectivity index is 2.52. The van der Waals surface area contributed by atoms with Crippen LogP contribution < -0.4 is 0 Å². The number of nitrogens with zero attached hydrogens (tertiary/aromatic N) is 1. The molecule has 3 aromatic heterocycles. The Morgan fingerprint density at radius 3 is 2.62 bits per heavy atom. The molecule has 1 heteroatoms. The van der Waals surface area contributed by atoms with Crippen LogP contribution in [0.3, 0.4) is 0 Å². The Morgan fingerprint density at radius 2 is 1.69 bits per heavy atom. The van der Waals surface area contributed by atoms with Gasteiger partial charge >= 0.3 is 0 Å². The fraction of sp³-hybridized carbons (Fsp3) is 0.0667. The fourth-order valence-corrected chi connectivity index (χ4v) is 2.71. The summed E-state index contributed by atoms with van der Waals surface area (Å²) in [4.78, 5) is 0. The summed E-state index contributed by atoms with van der Waals surface area (Å²) in [5.74, 6) is 0. The lowest BCUT2D eigenvalue weighted by Gasteiger charge is -2.11. The van der Waals surface area contributed by atoms with Crippen LogP contribution in [0.25, 0.3) is 27.3 Å². The predicted octanol–water partition coefficient (Wildman–Crippen LogP) is 3.99. The Labute approximate surface area is 93.3 Å². The molecule has 1 aromatic carbocycles. The van der Waals surface area contributed by atoms with Crippen LogP contribution in [0, 0.1) is 6.92 Å². The normalized spacial score (nSPS) is 12.1. The summed E-state index contributed by atoms with van der Waals surface area (Å²) in [6, 6.07) is 17.5. The standard InChI is InChI=1S/C15H11N/c1-10-9-13-4-2-3-12-7-5-11-6-8-14(10)15(11)16(12)13/h2-9H,1H3. The average molecular weight is 205 g/mol. The number of hydrogen-bond donors (Lipinski definition) is 0. The second-order valence-electron chi connectivity index (χ2n) is 4.42. The summed E-state index contributed by atoms with van der Waals surface area (Å²) < 4.78 is 2.34. The van der Waals surface area contributed by atoms with Crippen LogP contribution in [-0.4, -0.2) is 4.40 Å². The van der Waals surface area contributed by atoms with E-state index in [4.69, 9.17) is 0 Å². The molecule has 4 aromatic rings. The van der Waals surface area contributed by atoms with E-state index in [1.807, 2.05) is 0 Å². The third-order valence-corrected chi connectivity index (χ3v) is 3.45. The molecular formula is C15H11N. The highest BCUT2D eigenvalue weighted by Gasteiger charge is 2.08. The van der Waals surface area contributed by atoms with Crippen molar-refractivity contribution in [2.45, 2.75) is 6.92 Å². The van der Waals surface area contributed by atoms with Gasteiger partial charge in [-0.25, -0.2) is 0 Å². The van der Waals surface area contributed by atoms with Crippen LogP contribution in [-0.2, 0) is 0 Å². The minimum atomic E-state index is 1.27. The lowest BCUT2D eigenvalue weighted by atomic mass is 10.1. The highest BCUT2D eigenvalue weighted by atomic mass is 14.9. The van der Waals surface area contributed by atoms with E-state index in [1.165, 1.54) is 32.9 Å². The lowest BCUT2D eigenvalue weighted by Crippen LogP contribution is -1.94. The van der Waals surface area contributed by atoms with Gasteiger partial charge in [-0.2, -0.15) is 0 Å². The van der Waals surface area contributed by atoms with E-state index in [-0.39, 0.29) is 0 Å². The number of rotatable bonds is 0. The van der Waals surface area contributed by atoms with E-state index in [0.29, 0.717) is 0 Å². The molecule has 0 unspecified atom stereocenters. The zero-order valence-electron chi connectivity index (χ0n) is 9.07. The third-order valence-electron chi connectivity index (χ3n) is 3.45. The first-order valence-corrected chi connectivity index (χ1v) is 5.56. The minimum Gasteiger partial charge on any atom is -0.309 e. The zero-order chi connectivity index (χ0) is 10.7. The molecule has 0 amide bonds. The van der Waals surface area contributed by atoms with E-state index in [9.17, 15) is 0 Å². The van der Waals surface area contributed by atoms with E-state index < -0.39 is 0 Å². The minimum absolute atomic E-state index is 1.27. The molecule has 0 aliphatic rings. The molecule has 0 spiro atoms. The molecule has 0 saturated heterocycles. The monoisotopic (exact) mass is 205 g/mol. The van der Waals surface area contributed by atoms with Crippen molar-refractivity contribution in [1.29, 1.82) is 0 Å². The summed E-state index contributed by atoms with van der Waals surface area (Å²) >= 11 is 0. The molecule has 0 atom stereocenters. The van der Waals surface area contributed by atoms with Gasteiger partial charge in [0, 0.05) is 16.4 Å². The van der Waals surface area contributed by atoms with E-state index >= 15 is 0 Å². The quantitative estimate of drug-likeness (QED) is 0.409. The van der Waals surface area contributed by atoms with Crippen LogP contribution in [0.15, 0.2) is 48.5 Å². The summed E-state index contributed by atoms with van der Waals surface area (Å²) in [6.45, 7) is 2.18. The van der Waals surface area contributed by atoms with Gasteiger partial charge in [-0.05, 0) is 42.1 Å². The van der Waals surface area contributed by atoms with Crippen molar-refractivity contribution < 1.29 is 0 Å². The van der Waals surface area contributed by atoms with E-state index in [2.05, 4.69) is 59.9 Å². The second kappa shape index (κ2) is 2.56. The Hall–Kier alpha value is -2.02. The molecule has 16 heavy (non-hydrogen) atoms. The van der Waals surface area contributed by atoms with Gasteiger partial charge in [0.2, 0.25) is 0 Å². The Kier molecular flexibility index (Phi) is 1.31. The van der Waals surface area contributed by atoms with Crippen molar-refractivity contribution in [3.05, 3.63) is 54.1 Å². The van der Waals surface area contributed by atoms with Gasteiger partial charge in [0.05, 0.1) is 5.52 Å². The van der Waals surface area contributed by atoms with Gasteiger partial charge in [0.15, 0.2) is 0 Å². The van der Waals surface area contributed by atoms with Gasteiger partial charge < -0.3 is 4.40 Å². The van der Waals surface area contributed by atoms with Crippen molar-refractivity contribution in [3.8, 4) is 0 Å². The highest BCUT2D eigenvalue weighted by Crippen LogP contribution is 2.30. The molecule has 0 aliphatic carbocycles. The Morgan fingerprint density at radius 1 is 0.875 bits per heavy atom. The maximum Gasteiger partial charge on any atom is 0.0609 e. The van der Waals surface area contributed by atoms with Gasteiger partial charge in [-0.15, -0.1) is 0 Å². The summed E-state index contributed by atoms with van der Waals surface area (Å²) in [5.41, 5.74) is 5.25. The molecule has 0 bridgehead atoms. The van der Waals surface area contributed by atoms with Gasteiger partial charge in [-0.3, -0.25) is 0 Å². The van der Waals surface area contributed by atoms with Crippen molar-refractivity contribution in [1.82, 2.24) is 4.40 Å². The molecule has 3 heterocycles. The van der Waals surface area contributed by atoms with Crippen molar-refractivity contribution >= 4 is 27.3 Å². The van der Waals surface area contributed by atoms with Crippen LogP contribution in [0.4, 0.5) is 0 Å². The molecular weight excluding hydrogens is 194 g/mol. The molecule has 0 aliphatic heterocycles. The second-order valence-corrected chi connectivity index (χ2v) is 4.42. The summed E-state index contributed by atoms with van der Waals surface area (Å²) in [6.07, 6.45) is 0. The third kappa shape index (κ3) is 0.820. The fourth-order valence-electron chi connectivity index (χ4n) is 2.71. The van der Waals surface area contributed by atoms with E-state index in [0.717, 1.165) is 0 Å². The molecule has 0 radical (unpaired) electrons.